The van der Waals surface area contributed by atoms with Gasteiger partial charge in [-0.25, -0.2) is 4.98 Å². The fourth-order valence-corrected chi connectivity index (χ4v) is 4.96. The van der Waals surface area contributed by atoms with Crippen LogP contribution in [-0.2, 0) is 22.4 Å². The topological polar surface area (TPSA) is 88.3 Å². The molecule has 1 N–H and O–H groups in total. The number of aryl methyl sites for hydroxylation is 2. The fraction of sp³-hybridized carbons (Fsp3) is 0.391. The highest BCUT2D eigenvalue weighted by molar-refractivity contribution is 7.15. The number of hydrogen-bond acceptors (Lipinski definition) is 6. The number of thiazole rings is 1. The molecule has 1 saturated heterocycles. The van der Waals surface area contributed by atoms with Crippen LogP contribution in [-0.4, -0.2) is 39.9 Å². The summed E-state index contributed by atoms with van der Waals surface area (Å²) in [6, 6.07) is 11.6. The summed E-state index contributed by atoms with van der Waals surface area (Å²) in [7, 11) is 0. The SMILES string of the molecule is CCc1nc(NC(=O)C2(Cc3cc(-c4ccccc4)no3)CCN(C(C)=O)C2)sc1C. The number of nitrogens with one attached hydrogen (secondary N) is 1. The van der Waals surface area contributed by atoms with Crippen molar-refractivity contribution in [1.82, 2.24) is 15.0 Å². The van der Waals surface area contributed by atoms with Crippen LogP contribution < -0.4 is 5.32 Å². The number of carbonyl (C=O) groups is 2. The molecule has 7 nitrogen and oxygen atoms in total. The fourth-order valence-electron chi connectivity index (χ4n) is 4.07. The number of nitrogens with zero attached hydrogens (tertiary/aromatic N) is 3. The van der Waals surface area contributed by atoms with E-state index in [1.165, 1.54) is 18.3 Å². The van der Waals surface area contributed by atoms with Crippen LogP contribution in [0.5, 0.6) is 0 Å². The minimum Gasteiger partial charge on any atom is -0.361 e. The summed E-state index contributed by atoms with van der Waals surface area (Å²) in [6.07, 6.45) is 1.75. The summed E-state index contributed by atoms with van der Waals surface area (Å²) in [5, 5.41) is 7.79. The molecule has 3 aromatic rings. The van der Waals surface area contributed by atoms with Gasteiger partial charge in [-0.2, -0.15) is 0 Å². The minimum atomic E-state index is -0.787. The van der Waals surface area contributed by atoms with Crippen molar-refractivity contribution in [2.24, 2.45) is 5.41 Å². The second-order valence-electron chi connectivity index (χ2n) is 8.02. The van der Waals surface area contributed by atoms with Gasteiger partial charge >= 0.3 is 0 Å². The third-order valence-corrected chi connectivity index (χ3v) is 6.80. The Morgan fingerprint density at radius 3 is 2.71 bits per heavy atom. The van der Waals surface area contributed by atoms with E-state index in [4.69, 9.17) is 4.52 Å². The summed E-state index contributed by atoms with van der Waals surface area (Å²) < 4.78 is 5.60. The maximum atomic E-state index is 13.5. The predicted octanol–water partition coefficient (Wildman–Crippen LogP) is 4.09. The van der Waals surface area contributed by atoms with Gasteiger partial charge in [-0.3, -0.25) is 9.59 Å². The third-order valence-electron chi connectivity index (χ3n) is 5.87. The average molecular weight is 439 g/mol. The van der Waals surface area contributed by atoms with E-state index >= 15 is 0 Å². The zero-order valence-electron chi connectivity index (χ0n) is 18.0. The molecule has 0 radical (unpaired) electrons. The number of carbonyl (C=O) groups excluding carboxylic acids is 2. The molecule has 31 heavy (non-hydrogen) atoms. The minimum absolute atomic E-state index is 0.0319. The molecule has 0 saturated carbocycles. The molecule has 1 aliphatic heterocycles. The van der Waals surface area contributed by atoms with E-state index in [9.17, 15) is 9.59 Å². The molecular weight excluding hydrogens is 412 g/mol. The summed E-state index contributed by atoms with van der Waals surface area (Å²) >= 11 is 1.48. The van der Waals surface area contributed by atoms with Gasteiger partial charge in [0.05, 0.1) is 11.1 Å². The Hall–Kier alpha value is -3.00. The Morgan fingerprint density at radius 2 is 2.06 bits per heavy atom. The lowest BCUT2D eigenvalue weighted by Crippen LogP contribution is -2.41. The Balaban J connectivity index is 1.59. The van der Waals surface area contributed by atoms with Crippen molar-refractivity contribution >= 4 is 28.3 Å². The van der Waals surface area contributed by atoms with Gasteiger partial charge in [-0.15, -0.1) is 11.3 Å². The molecule has 8 heteroatoms. The summed E-state index contributed by atoms with van der Waals surface area (Å²) in [6.45, 7) is 6.48. The van der Waals surface area contributed by atoms with Crippen LogP contribution in [0.2, 0.25) is 0 Å². The number of likely N-dealkylation sites (tertiary alicyclic amines) is 1. The van der Waals surface area contributed by atoms with Gasteiger partial charge in [0.15, 0.2) is 5.13 Å². The number of amides is 2. The van der Waals surface area contributed by atoms with E-state index in [0.717, 1.165) is 28.2 Å². The van der Waals surface area contributed by atoms with Gasteiger partial charge < -0.3 is 14.7 Å². The number of rotatable bonds is 6. The van der Waals surface area contributed by atoms with E-state index in [0.29, 0.717) is 36.8 Å². The zero-order valence-corrected chi connectivity index (χ0v) is 18.8. The van der Waals surface area contributed by atoms with Crippen molar-refractivity contribution in [3.05, 3.63) is 52.7 Å². The van der Waals surface area contributed by atoms with Crippen molar-refractivity contribution in [3.63, 3.8) is 0 Å². The van der Waals surface area contributed by atoms with Gasteiger partial charge in [0.25, 0.3) is 0 Å². The first-order valence-electron chi connectivity index (χ1n) is 10.4. The molecule has 1 atom stereocenters. The van der Waals surface area contributed by atoms with Crippen molar-refractivity contribution in [3.8, 4) is 11.3 Å². The second kappa shape index (κ2) is 8.63. The van der Waals surface area contributed by atoms with Crippen LogP contribution in [0.4, 0.5) is 5.13 Å². The van der Waals surface area contributed by atoms with E-state index in [2.05, 4.69) is 15.5 Å². The number of hydrogen-bond donors (Lipinski definition) is 1. The lowest BCUT2D eigenvalue weighted by molar-refractivity contribution is -0.129. The van der Waals surface area contributed by atoms with Gasteiger partial charge in [0.2, 0.25) is 11.8 Å². The normalized spacial score (nSPS) is 18.4. The van der Waals surface area contributed by atoms with Crippen LogP contribution in [0.15, 0.2) is 40.9 Å². The average Bonchev–Trinajstić information content (AvgIpc) is 3.48. The van der Waals surface area contributed by atoms with Crippen LogP contribution in [0.25, 0.3) is 11.3 Å². The molecule has 0 bridgehead atoms. The number of anilines is 1. The highest BCUT2D eigenvalue weighted by atomic mass is 32.1. The van der Waals surface area contributed by atoms with E-state index in [1.54, 1.807) is 4.90 Å². The first-order chi connectivity index (χ1) is 14.9. The van der Waals surface area contributed by atoms with Crippen LogP contribution in [0, 0.1) is 12.3 Å². The Kier molecular flexibility index (Phi) is 5.91. The van der Waals surface area contributed by atoms with Crippen molar-refractivity contribution in [2.75, 3.05) is 18.4 Å². The summed E-state index contributed by atoms with van der Waals surface area (Å²) in [4.78, 5) is 32.8. The number of aromatic nitrogens is 2. The van der Waals surface area contributed by atoms with Crippen molar-refractivity contribution in [1.29, 1.82) is 0 Å². The zero-order chi connectivity index (χ0) is 22.0. The predicted molar refractivity (Wildman–Crippen MR) is 120 cm³/mol. The standard InChI is InChI=1S/C23H26N4O3S/c1-4-19-15(2)31-22(24-19)25-21(29)23(10-11-27(14-23)16(3)28)13-18-12-20(26-30-18)17-8-6-5-7-9-17/h5-9,12H,4,10-11,13-14H2,1-3H3,(H,24,25,29). The van der Waals surface area contributed by atoms with Crippen LogP contribution >= 0.6 is 11.3 Å². The maximum Gasteiger partial charge on any atom is 0.234 e. The maximum absolute atomic E-state index is 13.5. The molecule has 1 fully saturated rings. The first kappa shape index (κ1) is 21.2. The molecule has 1 aliphatic rings. The molecule has 0 aliphatic carbocycles. The largest absolute Gasteiger partial charge is 0.361 e. The molecule has 1 unspecified atom stereocenters. The van der Waals surface area contributed by atoms with Crippen LogP contribution in [0.3, 0.4) is 0 Å². The summed E-state index contributed by atoms with van der Waals surface area (Å²) in [5.41, 5.74) is 1.90. The quantitative estimate of drug-likeness (QED) is 0.626. The molecule has 162 valence electrons. The molecule has 0 spiro atoms. The van der Waals surface area contributed by atoms with Gasteiger partial charge in [0.1, 0.15) is 11.5 Å². The molecule has 1 aromatic carbocycles. The molecule has 4 rings (SSSR count). The van der Waals surface area contributed by atoms with E-state index < -0.39 is 5.41 Å². The highest BCUT2D eigenvalue weighted by Gasteiger charge is 2.46. The monoisotopic (exact) mass is 438 g/mol. The first-order valence-corrected chi connectivity index (χ1v) is 11.3. The highest BCUT2D eigenvalue weighted by Crippen LogP contribution is 2.37. The lowest BCUT2D eigenvalue weighted by Gasteiger charge is -2.26. The van der Waals surface area contributed by atoms with Crippen LogP contribution in [0.1, 0.15) is 36.6 Å². The van der Waals surface area contributed by atoms with Gasteiger partial charge in [0, 0.05) is 42.9 Å². The van der Waals surface area contributed by atoms with E-state index in [-0.39, 0.29) is 11.8 Å². The third kappa shape index (κ3) is 4.39. The Bertz CT molecular complexity index is 1090. The van der Waals surface area contributed by atoms with E-state index in [1.807, 2.05) is 50.2 Å². The molecule has 3 heterocycles. The Labute approximate surface area is 185 Å². The molecule has 2 aromatic heterocycles. The van der Waals surface area contributed by atoms with Crippen molar-refractivity contribution in [2.45, 2.75) is 40.0 Å². The van der Waals surface area contributed by atoms with Gasteiger partial charge in [-0.1, -0.05) is 42.4 Å². The lowest BCUT2D eigenvalue weighted by atomic mass is 9.81. The summed E-state index contributed by atoms with van der Waals surface area (Å²) in [5.74, 6) is 0.463. The Morgan fingerprint density at radius 1 is 1.29 bits per heavy atom. The van der Waals surface area contributed by atoms with Gasteiger partial charge in [-0.05, 0) is 19.8 Å². The molecular formula is C23H26N4O3S. The molecule has 2 amide bonds. The second-order valence-corrected chi connectivity index (χ2v) is 9.22. The van der Waals surface area contributed by atoms with Crippen molar-refractivity contribution < 1.29 is 14.1 Å². The smallest absolute Gasteiger partial charge is 0.234 e. The number of benzene rings is 1.